The Balaban J connectivity index is 2.23. The molecule has 1 aromatic heterocycles. The smallest absolute Gasteiger partial charge is 0.190 e. The minimum absolute atomic E-state index is 0.434. The largest absolute Gasteiger partial charge is 0.340 e. The van der Waals surface area contributed by atoms with Gasteiger partial charge in [-0.25, -0.2) is 9.97 Å². The van der Waals surface area contributed by atoms with Crippen LogP contribution < -0.4 is 5.32 Å². The average molecular weight is 331 g/mol. The molecule has 6 heteroatoms. The second kappa shape index (κ2) is 5.71. The fourth-order valence-corrected chi connectivity index (χ4v) is 2.11. The van der Waals surface area contributed by atoms with E-state index in [-0.39, 0.29) is 0 Å². The Kier molecular flexibility index (Phi) is 4.25. The number of hydrogen-bond acceptors (Lipinski definition) is 4. The van der Waals surface area contributed by atoms with Crippen LogP contribution in [0.3, 0.4) is 0 Å². The first-order chi connectivity index (χ1) is 8.17. The molecule has 2 aromatic rings. The van der Waals surface area contributed by atoms with Crippen LogP contribution in [0, 0.1) is 0 Å². The lowest BCUT2D eigenvalue weighted by atomic mass is 10.3. The fraction of sp³-hybridized carbons (Fsp3) is 0.0909. The first-order valence-corrected chi connectivity index (χ1v) is 7.18. The van der Waals surface area contributed by atoms with Crippen LogP contribution in [0.15, 0.2) is 40.0 Å². The third kappa shape index (κ3) is 3.59. The SMILES string of the molecule is CSc1nc(Cl)cc(Nc2ccc(Br)cc2)n1. The summed E-state index contributed by atoms with van der Waals surface area (Å²) in [6, 6.07) is 9.53. The second-order valence-electron chi connectivity index (χ2n) is 3.19. The van der Waals surface area contributed by atoms with Gasteiger partial charge in [0.2, 0.25) is 0 Å². The normalized spacial score (nSPS) is 10.3. The summed E-state index contributed by atoms with van der Waals surface area (Å²) in [4.78, 5) is 8.39. The Morgan fingerprint density at radius 2 is 1.94 bits per heavy atom. The maximum atomic E-state index is 5.91. The Bertz CT molecular complexity index is 519. The van der Waals surface area contributed by atoms with E-state index in [9.17, 15) is 0 Å². The van der Waals surface area contributed by atoms with Crippen LogP contribution in [-0.4, -0.2) is 16.2 Å². The Morgan fingerprint density at radius 3 is 2.59 bits per heavy atom. The van der Waals surface area contributed by atoms with Crippen molar-refractivity contribution in [3.05, 3.63) is 40.0 Å². The van der Waals surface area contributed by atoms with Crippen molar-refractivity contribution in [1.82, 2.24) is 9.97 Å². The molecule has 0 saturated heterocycles. The summed E-state index contributed by atoms with van der Waals surface area (Å²) < 4.78 is 1.04. The zero-order valence-electron chi connectivity index (χ0n) is 8.95. The fourth-order valence-electron chi connectivity index (χ4n) is 1.23. The molecule has 0 spiro atoms. The van der Waals surface area contributed by atoms with Gasteiger partial charge in [0.15, 0.2) is 5.16 Å². The number of rotatable bonds is 3. The van der Waals surface area contributed by atoms with Gasteiger partial charge in [-0.1, -0.05) is 39.3 Å². The van der Waals surface area contributed by atoms with Crippen molar-refractivity contribution < 1.29 is 0 Å². The number of nitrogens with zero attached hydrogens (tertiary/aromatic N) is 2. The highest BCUT2D eigenvalue weighted by Gasteiger charge is 2.02. The van der Waals surface area contributed by atoms with E-state index in [1.54, 1.807) is 6.07 Å². The second-order valence-corrected chi connectivity index (χ2v) is 5.27. The number of hydrogen-bond donors (Lipinski definition) is 1. The maximum absolute atomic E-state index is 5.91. The van der Waals surface area contributed by atoms with E-state index >= 15 is 0 Å². The van der Waals surface area contributed by atoms with Gasteiger partial charge in [-0.2, -0.15) is 0 Å². The van der Waals surface area contributed by atoms with Crippen LogP contribution in [-0.2, 0) is 0 Å². The molecule has 0 aliphatic carbocycles. The third-order valence-electron chi connectivity index (χ3n) is 1.97. The van der Waals surface area contributed by atoms with E-state index in [2.05, 4.69) is 31.2 Å². The van der Waals surface area contributed by atoms with Gasteiger partial charge in [-0.05, 0) is 30.5 Å². The molecule has 0 unspecified atom stereocenters. The van der Waals surface area contributed by atoms with Crippen LogP contribution in [0.25, 0.3) is 0 Å². The standard InChI is InChI=1S/C11H9BrClN3S/c1-17-11-15-9(13)6-10(16-11)14-8-4-2-7(12)3-5-8/h2-6H,1H3,(H,14,15,16). The summed E-state index contributed by atoms with van der Waals surface area (Å²) >= 11 is 10.8. The molecule has 0 amide bonds. The Labute approximate surface area is 117 Å². The zero-order valence-corrected chi connectivity index (χ0v) is 12.1. The molecular formula is C11H9BrClN3S. The van der Waals surface area contributed by atoms with Crippen LogP contribution in [0.2, 0.25) is 5.15 Å². The molecule has 0 bridgehead atoms. The van der Waals surface area contributed by atoms with E-state index in [1.807, 2.05) is 30.5 Å². The Morgan fingerprint density at radius 1 is 1.24 bits per heavy atom. The van der Waals surface area contributed by atoms with Gasteiger partial charge in [0, 0.05) is 16.2 Å². The first-order valence-electron chi connectivity index (χ1n) is 4.78. The monoisotopic (exact) mass is 329 g/mol. The van der Waals surface area contributed by atoms with Crippen LogP contribution >= 0.6 is 39.3 Å². The molecule has 0 aliphatic rings. The van der Waals surface area contributed by atoms with Crippen molar-refractivity contribution in [3.8, 4) is 0 Å². The molecule has 17 heavy (non-hydrogen) atoms. The van der Waals surface area contributed by atoms with Gasteiger partial charge in [0.1, 0.15) is 11.0 Å². The van der Waals surface area contributed by atoms with Crippen molar-refractivity contribution in [2.75, 3.05) is 11.6 Å². The van der Waals surface area contributed by atoms with E-state index in [1.165, 1.54) is 11.8 Å². The molecule has 2 rings (SSSR count). The maximum Gasteiger partial charge on any atom is 0.190 e. The summed E-state index contributed by atoms with van der Waals surface area (Å²) in [5, 5.41) is 4.26. The number of halogens is 2. The van der Waals surface area contributed by atoms with Crippen LogP contribution in [0.1, 0.15) is 0 Å². The number of aromatic nitrogens is 2. The van der Waals surface area contributed by atoms with Crippen molar-refractivity contribution in [1.29, 1.82) is 0 Å². The quantitative estimate of drug-likeness (QED) is 0.515. The van der Waals surface area contributed by atoms with Crippen molar-refractivity contribution in [3.63, 3.8) is 0 Å². The summed E-state index contributed by atoms with van der Waals surface area (Å²) in [5.74, 6) is 0.691. The van der Waals surface area contributed by atoms with E-state index in [0.29, 0.717) is 16.1 Å². The average Bonchev–Trinajstić information content (AvgIpc) is 2.31. The molecule has 0 aliphatic heterocycles. The lowest BCUT2D eigenvalue weighted by Crippen LogP contribution is -1.96. The van der Waals surface area contributed by atoms with Crippen molar-refractivity contribution >= 4 is 50.8 Å². The highest BCUT2D eigenvalue weighted by molar-refractivity contribution is 9.10. The number of thioether (sulfide) groups is 1. The highest BCUT2D eigenvalue weighted by Crippen LogP contribution is 2.21. The number of nitrogens with one attached hydrogen (secondary N) is 1. The summed E-state index contributed by atoms with van der Waals surface area (Å²) in [6.45, 7) is 0. The third-order valence-corrected chi connectivity index (χ3v) is 3.24. The zero-order chi connectivity index (χ0) is 12.3. The minimum atomic E-state index is 0.434. The molecular weight excluding hydrogens is 322 g/mol. The summed E-state index contributed by atoms with van der Waals surface area (Å²) in [5.41, 5.74) is 0.954. The van der Waals surface area contributed by atoms with E-state index in [4.69, 9.17) is 11.6 Å². The lowest BCUT2D eigenvalue weighted by molar-refractivity contribution is 0.976. The molecule has 0 atom stereocenters. The van der Waals surface area contributed by atoms with Crippen molar-refractivity contribution in [2.24, 2.45) is 0 Å². The van der Waals surface area contributed by atoms with Crippen LogP contribution in [0.4, 0.5) is 11.5 Å². The molecule has 1 heterocycles. The van der Waals surface area contributed by atoms with E-state index < -0.39 is 0 Å². The first kappa shape index (κ1) is 12.7. The van der Waals surface area contributed by atoms with Gasteiger partial charge in [0.25, 0.3) is 0 Å². The van der Waals surface area contributed by atoms with Gasteiger partial charge in [-0.15, -0.1) is 0 Å². The number of benzene rings is 1. The topological polar surface area (TPSA) is 37.8 Å². The Hall–Kier alpha value is -0.780. The molecule has 0 radical (unpaired) electrons. The molecule has 1 N–H and O–H groups in total. The predicted molar refractivity (Wildman–Crippen MR) is 76.2 cm³/mol. The number of anilines is 2. The van der Waals surface area contributed by atoms with E-state index in [0.717, 1.165) is 10.2 Å². The summed E-state index contributed by atoms with van der Waals surface area (Å²) in [6.07, 6.45) is 1.91. The van der Waals surface area contributed by atoms with Gasteiger partial charge in [-0.3, -0.25) is 0 Å². The predicted octanol–water partition coefficient (Wildman–Crippen LogP) is 4.36. The minimum Gasteiger partial charge on any atom is -0.340 e. The summed E-state index contributed by atoms with van der Waals surface area (Å²) in [7, 11) is 0. The lowest BCUT2D eigenvalue weighted by Gasteiger charge is -2.06. The highest BCUT2D eigenvalue weighted by atomic mass is 79.9. The van der Waals surface area contributed by atoms with Gasteiger partial charge >= 0.3 is 0 Å². The molecule has 1 aromatic carbocycles. The molecule has 0 fully saturated rings. The van der Waals surface area contributed by atoms with Gasteiger partial charge < -0.3 is 5.32 Å². The van der Waals surface area contributed by atoms with Gasteiger partial charge in [0.05, 0.1) is 0 Å². The van der Waals surface area contributed by atoms with Crippen LogP contribution in [0.5, 0.6) is 0 Å². The van der Waals surface area contributed by atoms with Crippen molar-refractivity contribution in [2.45, 2.75) is 5.16 Å². The molecule has 0 saturated carbocycles. The molecule has 88 valence electrons. The molecule has 3 nitrogen and oxygen atoms in total.